The highest BCUT2D eigenvalue weighted by Crippen LogP contribution is 2.39. The van der Waals surface area contributed by atoms with Crippen LogP contribution in [0.4, 0.5) is 0 Å². The number of carbonyl (C=O) groups excluding carboxylic acids is 2. The topological polar surface area (TPSA) is 86.3 Å². The monoisotopic (exact) mass is 370 g/mol. The molecule has 4 atom stereocenters. The molecule has 3 aliphatic heterocycles. The maximum atomic E-state index is 12.6. The molecule has 3 aliphatic rings. The van der Waals surface area contributed by atoms with E-state index in [0.717, 1.165) is 6.42 Å². The van der Waals surface area contributed by atoms with Crippen LogP contribution in [0.1, 0.15) is 27.2 Å². The zero-order chi connectivity index (χ0) is 18.4. The van der Waals surface area contributed by atoms with Crippen molar-refractivity contribution < 1.29 is 28.5 Å². The lowest BCUT2D eigenvalue weighted by Crippen LogP contribution is -2.54. The van der Waals surface area contributed by atoms with Crippen LogP contribution in [-0.2, 0) is 28.5 Å². The van der Waals surface area contributed by atoms with Crippen LogP contribution in [0.3, 0.4) is 0 Å². The lowest BCUT2D eigenvalue weighted by molar-refractivity contribution is -0.210. The summed E-state index contributed by atoms with van der Waals surface area (Å²) in [4.78, 5) is 26.2. The van der Waals surface area contributed by atoms with E-state index < -0.39 is 42.2 Å². The molecule has 2 unspecified atom stereocenters. The average molecular weight is 370 g/mol. The molecule has 0 radical (unpaired) electrons. The quantitative estimate of drug-likeness (QED) is 0.437. The molecule has 0 saturated carbocycles. The van der Waals surface area contributed by atoms with Gasteiger partial charge in [0.25, 0.3) is 11.8 Å². The molecule has 3 rings (SSSR count). The van der Waals surface area contributed by atoms with E-state index in [-0.39, 0.29) is 10.7 Å². The number of fused-ring (bicyclic) bond motifs is 1. The normalized spacial score (nSPS) is 36.1. The summed E-state index contributed by atoms with van der Waals surface area (Å²) in [7, 11) is 1.53. The van der Waals surface area contributed by atoms with E-state index >= 15 is 0 Å². The highest BCUT2D eigenvalue weighted by Gasteiger charge is 2.55. The van der Waals surface area contributed by atoms with Crippen LogP contribution < -0.4 is 5.32 Å². The number of rotatable bonds is 4. The molecule has 3 heterocycles. The van der Waals surface area contributed by atoms with E-state index in [1.165, 1.54) is 18.1 Å². The summed E-state index contributed by atoms with van der Waals surface area (Å²) in [5.74, 6) is -1.75. The second-order valence-corrected chi connectivity index (χ2v) is 6.95. The molecule has 0 bridgehead atoms. The molecule has 25 heavy (non-hydrogen) atoms. The largest absolute Gasteiger partial charge is 0.375 e. The van der Waals surface area contributed by atoms with E-state index in [2.05, 4.69) is 5.32 Å². The zero-order valence-corrected chi connectivity index (χ0v) is 15.4. The van der Waals surface area contributed by atoms with Gasteiger partial charge in [0.05, 0.1) is 0 Å². The SMILES string of the molecule is CCCN1C(=O)/C(=C\[C@H]2OC3OC(C)(C)OC3[C@H]2OC)C(=O)NC1=S. The number of thiocarbonyl (C=S) groups is 1. The van der Waals surface area contributed by atoms with Gasteiger partial charge in [0.1, 0.15) is 23.9 Å². The fourth-order valence-electron chi connectivity index (χ4n) is 3.21. The Kier molecular flexibility index (Phi) is 4.95. The van der Waals surface area contributed by atoms with E-state index in [0.29, 0.717) is 6.54 Å². The van der Waals surface area contributed by atoms with Crippen molar-refractivity contribution in [3.8, 4) is 0 Å². The molecule has 0 aliphatic carbocycles. The summed E-state index contributed by atoms with van der Waals surface area (Å²) in [6.07, 6.45) is 0.00217. The fourth-order valence-corrected chi connectivity index (χ4v) is 3.48. The maximum Gasteiger partial charge on any atom is 0.265 e. The molecule has 3 saturated heterocycles. The standard InChI is InChI=1S/C16H22N2O6S/c1-5-6-18-13(20)8(12(19)17-15(18)25)7-9-10(21-4)11-14(22-9)24-16(2,3)23-11/h7,9-11,14H,5-6H2,1-4H3,(H,17,19,25)/b8-7-/t9-,10+,11?,14?/m1/s1. The van der Waals surface area contributed by atoms with Gasteiger partial charge >= 0.3 is 0 Å². The number of methoxy groups -OCH3 is 1. The van der Waals surface area contributed by atoms with E-state index in [1.54, 1.807) is 13.8 Å². The van der Waals surface area contributed by atoms with Crippen LogP contribution in [0.2, 0.25) is 0 Å². The molecule has 3 fully saturated rings. The minimum absolute atomic E-state index is 0.0201. The minimum Gasteiger partial charge on any atom is -0.375 e. The second-order valence-electron chi connectivity index (χ2n) is 6.57. The van der Waals surface area contributed by atoms with Crippen molar-refractivity contribution >= 4 is 29.1 Å². The molecule has 1 N–H and O–H groups in total. The Morgan fingerprint density at radius 3 is 2.72 bits per heavy atom. The smallest absolute Gasteiger partial charge is 0.265 e. The number of ether oxygens (including phenoxy) is 4. The number of nitrogens with one attached hydrogen (secondary N) is 1. The Morgan fingerprint density at radius 1 is 1.36 bits per heavy atom. The first-order valence-corrected chi connectivity index (χ1v) is 8.61. The van der Waals surface area contributed by atoms with E-state index in [1.807, 2.05) is 6.92 Å². The predicted octanol–water partition coefficient (Wildman–Crippen LogP) is 0.457. The Labute approximate surface area is 151 Å². The Morgan fingerprint density at radius 2 is 2.08 bits per heavy atom. The first-order chi connectivity index (χ1) is 11.8. The van der Waals surface area contributed by atoms with Gasteiger partial charge in [-0.2, -0.15) is 0 Å². The van der Waals surface area contributed by atoms with Crippen molar-refractivity contribution in [1.82, 2.24) is 10.2 Å². The van der Waals surface area contributed by atoms with Gasteiger partial charge < -0.3 is 18.9 Å². The first-order valence-electron chi connectivity index (χ1n) is 8.20. The highest BCUT2D eigenvalue weighted by atomic mass is 32.1. The number of amides is 2. The number of hydrogen-bond donors (Lipinski definition) is 1. The Hall–Kier alpha value is -1.39. The molecule has 0 aromatic carbocycles. The lowest BCUT2D eigenvalue weighted by Gasteiger charge is -2.29. The average Bonchev–Trinajstić information content (AvgIpc) is 2.98. The van der Waals surface area contributed by atoms with Crippen LogP contribution >= 0.6 is 12.2 Å². The number of carbonyl (C=O) groups is 2. The molecule has 9 heteroatoms. The predicted molar refractivity (Wildman–Crippen MR) is 90.3 cm³/mol. The third-order valence-corrected chi connectivity index (χ3v) is 4.59. The van der Waals surface area contributed by atoms with Gasteiger partial charge in [-0.1, -0.05) is 6.92 Å². The van der Waals surface area contributed by atoms with Crippen molar-refractivity contribution in [2.75, 3.05) is 13.7 Å². The van der Waals surface area contributed by atoms with Gasteiger partial charge in [-0.25, -0.2) is 0 Å². The van der Waals surface area contributed by atoms with Gasteiger partial charge in [-0.15, -0.1) is 0 Å². The molecule has 138 valence electrons. The van der Waals surface area contributed by atoms with Crippen LogP contribution in [-0.4, -0.2) is 65.9 Å². The zero-order valence-electron chi connectivity index (χ0n) is 14.6. The molecule has 0 aromatic heterocycles. The maximum absolute atomic E-state index is 12.6. The number of nitrogens with zero attached hydrogens (tertiary/aromatic N) is 1. The van der Waals surface area contributed by atoms with Crippen molar-refractivity contribution in [1.29, 1.82) is 0 Å². The van der Waals surface area contributed by atoms with Gasteiger partial charge in [-0.05, 0) is 38.6 Å². The molecule has 0 spiro atoms. The Balaban J connectivity index is 1.83. The summed E-state index contributed by atoms with van der Waals surface area (Å²) in [6, 6.07) is 0. The fraction of sp³-hybridized carbons (Fsp3) is 0.688. The van der Waals surface area contributed by atoms with Crippen LogP contribution in [0.5, 0.6) is 0 Å². The van der Waals surface area contributed by atoms with Crippen molar-refractivity contribution in [3.63, 3.8) is 0 Å². The van der Waals surface area contributed by atoms with E-state index in [4.69, 9.17) is 31.2 Å². The summed E-state index contributed by atoms with van der Waals surface area (Å²) in [6.45, 7) is 5.93. The molecular weight excluding hydrogens is 348 g/mol. The van der Waals surface area contributed by atoms with Crippen LogP contribution in [0.25, 0.3) is 0 Å². The van der Waals surface area contributed by atoms with Gasteiger partial charge in [0.2, 0.25) is 0 Å². The van der Waals surface area contributed by atoms with Gasteiger partial charge in [0.15, 0.2) is 17.2 Å². The second kappa shape index (κ2) is 6.73. The summed E-state index contributed by atoms with van der Waals surface area (Å²) in [5, 5.41) is 2.66. The summed E-state index contributed by atoms with van der Waals surface area (Å²) in [5.41, 5.74) is -0.0201. The Bertz CT molecular complexity index is 634. The minimum atomic E-state index is -0.771. The summed E-state index contributed by atoms with van der Waals surface area (Å²) >= 11 is 5.07. The third-order valence-electron chi connectivity index (χ3n) is 4.26. The number of hydrogen-bond acceptors (Lipinski definition) is 7. The van der Waals surface area contributed by atoms with Gasteiger partial charge in [0, 0.05) is 13.7 Å². The van der Waals surface area contributed by atoms with Gasteiger partial charge in [-0.3, -0.25) is 19.8 Å². The molecule has 2 amide bonds. The van der Waals surface area contributed by atoms with E-state index in [9.17, 15) is 9.59 Å². The third kappa shape index (κ3) is 3.34. The van der Waals surface area contributed by atoms with Crippen LogP contribution in [0, 0.1) is 0 Å². The summed E-state index contributed by atoms with van der Waals surface area (Å²) < 4.78 is 22.8. The van der Waals surface area contributed by atoms with Crippen molar-refractivity contribution in [3.05, 3.63) is 11.6 Å². The first kappa shape index (κ1) is 18.4. The lowest BCUT2D eigenvalue weighted by atomic mass is 10.0. The highest BCUT2D eigenvalue weighted by molar-refractivity contribution is 7.80. The molecule has 0 aromatic rings. The molecular formula is C16H22N2O6S. The van der Waals surface area contributed by atoms with Crippen molar-refractivity contribution in [2.45, 2.75) is 57.6 Å². The van der Waals surface area contributed by atoms with Crippen molar-refractivity contribution in [2.24, 2.45) is 0 Å². The molecule has 8 nitrogen and oxygen atoms in total. The van der Waals surface area contributed by atoms with Crippen LogP contribution in [0.15, 0.2) is 11.6 Å².